The Morgan fingerprint density at radius 2 is 2.18 bits per heavy atom. The van der Waals surface area contributed by atoms with Crippen LogP contribution in [0.15, 0.2) is 0 Å². The van der Waals surface area contributed by atoms with Gasteiger partial charge in [-0.15, -0.1) is 0 Å². The fourth-order valence-corrected chi connectivity index (χ4v) is 1.64. The van der Waals surface area contributed by atoms with Gasteiger partial charge in [0.05, 0.1) is 12.7 Å². The molecule has 1 saturated carbocycles. The Morgan fingerprint density at radius 1 is 1.45 bits per heavy atom. The molecule has 2 heteroatoms. The fraction of sp³-hybridized carbons (Fsp3) is 1.00. The van der Waals surface area contributed by atoms with Gasteiger partial charge in [0.1, 0.15) is 0 Å². The minimum absolute atomic E-state index is 0.134. The summed E-state index contributed by atoms with van der Waals surface area (Å²) in [5, 5.41) is 0. The lowest BCUT2D eigenvalue weighted by atomic mass is 10.3. The van der Waals surface area contributed by atoms with Crippen molar-refractivity contribution in [3.63, 3.8) is 0 Å². The van der Waals surface area contributed by atoms with Gasteiger partial charge in [0.2, 0.25) is 0 Å². The van der Waals surface area contributed by atoms with Crippen molar-refractivity contribution in [3.8, 4) is 0 Å². The van der Waals surface area contributed by atoms with E-state index in [-0.39, 0.29) is 6.29 Å². The first-order valence-corrected chi connectivity index (χ1v) is 4.58. The lowest BCUT2D eigenvalue weighted by Crippen LogP contribution is -2.13. The molecular formula is C9H16O2. The molecule has 0 aromatic rings. The van der Waals surface area contributed by atoms with Gasteiger partial charge in [-0.2, -0.15) is 0 Å². The Labute approximate surface area is 67.9 Å². The topological polar surface area (TPSA) is 18.5 Å². The van der Waals surface area contributed by atoms with E-state index < -0.39 is 0 Å². The summed E-state index contributed by atoms with van der Waals surface area (Å²) in [6.07, 6.45) is 2.88. The van der Waals surface area contributed by atoms with Gasteiger partial charge in [-0.25, -0.2) is 0 Å². The molecule has 2 aliphatic rings. The number of rotatable bonds is 2. The molecule has 4 unspecified atom stereocenters. The van der Waals surface area contributed by atoms with Crippen LogP contribution in [-0.2, 0) is 9.47 Å². The maximum atomic E-state index is 5.68. The lowest BCUT2D eigenvalue weighted by Gasteiger charge is -2.08. The summed E-state index contributed by atoms with van der Waals surface area (Å²) in [7, 11) is 0. The quantitative estimate of drug-likeness (QED) is 0.607. The summed E-state index contributed by atoms with van der Waals surface area (Å²) < 4.78 is 11.2. The average Bonchev–Trinajstić information content (AvgIpc) is 2.59. The second-order valence-corrected chi connectivity index (χ2v) is 3.74. The molecule has 4 atom stereocenters. The van der Waals surface area contributed by atoms with Crippen LogP contribution in [0.2, 0.25) is 0 Å². The summed E-state index contributed by atoms with van der Waals surface area (Å²) in [5.74, 6) is 1.53. The second kappa shape index (κ2) is 2.76. The molecule has 1 heterocycles. The van der Waals surface area contributed by atoms with Crippen molar-refractivity contribution in [3.05, 3.63) is 0 Å². The van der Waals surface area contributed by atoms with E-state index in [2.05, 4.69) is 13.8 Å². The van der Waals surface area contributed by atoms with Crippen molar-refractivity contribution in [2.45, 2.75) is 39.1 Å². The maximum Gasteiger partial charge on any atom is 0.161 e. The first-order valence-electron chi connectivity index (χ1n) is 4.58. The standard InChI is InChI=1S/C9H16O2/c1-3-7-5-10-9(11-7)8-4-6(8)2/h6-9H,3-5H2,1-2H3. The van der Waals surface area contributed by atoms with Gasteiger partial charge < -0.3 is 9.47 Å². The van der Waals surface area contributed by atoms with Crippen LogP contribution < -0.4 is 0 Å². The highest BCUT2D eigenvalue weighted by atomic mass is 16.7. The van der Waals surface area contributed by atoms with E-state index in [0.29, 0.717) is 12.0 Å². The third kappa shape index (κ3) is 1.42. The van der Waals surface area contributed by atoms with E-state index in [0.717, 1.165) is 18.9 Å². The first-order chi connectivity index (χ1) is 5.31. The summed E-state index contributed by atoms with van der Waals surface area (Å²) in [5.41, 5.74) is 0. The largest absolute Gasteiger partial charge is 0.350 e. The van der Waals surface area contributed by atoms with Crippen LogP contribution >= 0.6 is 0 Å². The number of ether oxygens (including phenoxy) is 2. The monoisotopic (exact) mass is 156 g/mol. The summed E-state index contributed by atoms with van der Waals surface area (Å²) in [6, 6.07) is 0. The zero-order valence-electron chi connectivity index (χ0n) is 7.25. The summed E-state index contributed by atoms with van der Waals surface area (Å²) in [4.78, 5) is 0. The molecule has 2 nitrogen and oxygen atoms in total. The summed E-state index contributed by atoms with van der Waals surface area (Å²) in [6.45, 7) is 5.22. The highest BCUT2D eigenvalue weighted by Crippen LogP contribution is 2.44. The Kier molecular flexibility index (Phi) is 1.90. The molecule has 0 N–H and O–H groups in total. The van der Waals surface area contributed by atoms with Crippen LogP contribution in [-0.4, -0.2) is 19.0 Å². The Bertz CT molecular complexity index is 146. The molecule has 0 bridgehead atoms. The van der Waals surface area contributed by atoms with Crippen molar-refractivity contribution in [1.29, 1.82) is 0 Å². The molecule has 0 spiro atoms. The number of hydrogen-bond donors (Lipinski definition) is 0. The Balaban J connectivity index is 1.81. The van der Waals surface area contributed by atoms with Gasteiger partial charge in [0.15, 0.2) is 6.29 Å². The third-order valence-electron chi connectivity index (χ3n) is 2.75. The minimum atomic E-state index is 0.134. The SMILES string of the molecule is CCC1COC(C2CC2C)O1. The van der Waals surface area contributed by atoms with Gasteiger partial charge in [0, 0.05) is 5.92 Å². The van der Waals surface area contributed by atoms with Gasteiger partial charge in [0.25, 0.3) is 0 Å². The van der Waals surface area contributed by atoms with Crippen molar-refractivity contribution in [1.82, 2.24) is 0 Å². The van der Waals surface area contributed by atoms with E-state index in [1.165, 1.54) is 6.42 Å². The minimum Gasteiger partial charge on any atom is -0.350 e. The van der Waals surface area contributed by atoms with Crippen molar-refractivity contribution >= 4 is 0 Å². The molecule has 2 rings (SSSR count). The molecule has 2 fully saturated rings. The van der Waals surface area contributed by atoms with Crippen LogP contribution in [0, 0.1) is 11.8 Å². The summed E-state index contributed by atoms with van der Waals surface area (Å²) >= 11 is 0. The van der Waals surface area contributed by atoms with E-state index in [9.17, 15) is 0 Å². The molecule has 0 radical (unpaired) electrons. The predicted octanol–water partition coefficient (Wildman–Crippen LogP) is 1.79. The molecule has 1 saturated heterocycles. The highest BCUT2D eigenvalue weighted by molar-refractivity contribution is 4.87. The van der Waals surface area contributed by atoms with E-state index in [1.807, 2.05) is 0 Å². The Hall–Kier alpha value is -0.0800. The molecule has 0 aromatic heterocycles. The lowest BCUT2D eigenvalue weighted by molar-refractivity contribution is -0.0751. The van der Waals surface area contributed by atoms with Crippen LogP contribution in [0.5, 0.6) is 0 Å². The van der Waals surface area contributed by atoms with Crippen LogP contribution in [0.3, 0.4) is 0 Å². The van der Waals surface area contributed by atoms with Crippen LogP contribution in [0.1, 0.15) is 26.7 Å². The molecule has 11 heavy (non-hydrogen) atoms. The van der Waals surface area contributed by atoms with Crippen molar-refractivity contribution in [2.75, 3.05) is 6.61 Å². The molecule has 0 amide bonds. The average molecular weight is 156 g/mol. The van der Waals surface area contributed by atoms with Gasteiger partial charge in [-0.05, 0) is 18.8 Å². The van der Waals surface area contributed by atoms with Crippen molar-refractivity contribution in [2.24, 2.45) is 11.8 Å². The van der Waals surface area contributed by atoms with E-state index in [1.54, 1.807) is 0 Å². The first kappa shape index (κ1) is 7.56. The van der Waals surface area contributed by atoms with Crippen LogP contribution in [0.25, 0.3) is 0 Å². The fourth-order valence-electron chi connectivity index (χ4n) is 1.64. The van der Waals surface area contributed by atoms with Crippen molar-refractivity contribution < 1.29 is 9.47 Å². The third-order valence-corrected chi connectivity index (χ3v) is 2.75. The van der Waals surface area contributed by atoms with Gasteiger partial charge >= 0.3 is 0 Å². The van der Waals surface area contributed by atoms with E-state index in [4.69, 9.17) is 9.47 Å². The van der Waals surface area contributed by atoms with Crippen LogP contribution in [0.4, 0.5) is 0 Å². The zero-order valence-corrected chi connectivity index (χ0v) is 7.25. The maximum absolute atomic E-state index is 5.68. The Morgan fingerprint density at radius 3 is 2.64 bits per heavy atom. The van der Waals surface area contributed by atoms with E-state index >= 15 is 0 Å². The second-order valence-electron chi connectivity index (χ2n) is 3.74. The smallest absolute Gasteiger partial charge is 0.161 e. The molecular weight excluding hydrogens is 140 g/mol. The molecule has 1 aliphatic carbocycles. The van der Waals surface area contributed by atoms with Gasteiger partial charge in [-0.3, -0.25) is 0 Å². The number of hydrogen-bond acceptors (Lipinski definition) is 2. The normalized spacial score (nSPS) is 49.6. The molecule has 0 aromatic carbocycles. The highest BCUT2D eigenvalue weighted by Gasteiger charge is 2.44. The molecule has 1 aliphatic heterocycles. The molecule has 64 valence electrons. The van der Waals surface area contributed by atoms with Gasteiger partial charge in [-0.1, -0.05) is 13.8 Å². The predicted molar refractivity (Wildman–Crippen MR) is 42.2 cm³/mol. The zero-order chi connectivity index (χ0) is 7.84.